The summed E-state index contributed by atoms with van der Waals surface area (Å²) in [6, 6.07) is 11.5. The molecule has 4 atom stereocenters. The summed E-state index contributed by atoms with van der Waals surface area (Å²) in [4.78, 5) is 30.9. The smallest absolute Gasteiger partial charge is 0.286 e. The number of allylic oxidation sites excluding steroid dienone is 1. The van der Waals surface area contributed by atoms with Crippen LogP contribution < -0.4 is 14.4 Å². The summed E-state index contributed by atoms with van der Waals surface area (Å²) in [5, 5.41) is 0.722. The molecule has 0 radical (unpaired) electrons. The molecule has 2 aromatic carbocycles. The van der Waals surface area contributed by atoms with Crippen molar-refractivity contribution in [3.63, 3.8) is 0 Å². The van der Waals surface area contributed by atoms with Gasteiger partial charge in [-0.2, -0.15) is 0 Å². The number of rotatable bonds is 6. The molecule has 0 unspecified atom stereocenters. The number of morpholine rings is 1. The van der Waals surface area contributed by atoms with Crippen molar-refractivity contribution in [2.24, 2.45) is 16.2 Å². The van der Waals surface area contributed by atoms with Crippen LogP contribution in [-0.2, 0) is 37.1 Å². The van der Waals surface area contributed by atoms with Crippen molar-refractivity contribution in [3.8, 4) is 5.75 Å². The molecule has 2 bridgehead atoms. The van der Waals surface area contributed by atoms with Crippen LogP contribution in [0, 0.1) is 11.8 Å². The molecule has 6 rings (SSSR count). The minimum Gasteiger partial charge on any atom is -0.491 e. The van der Waals surface area contributed by atoms with Crippen molar-refractivity contribution in [1.29, 1.82) is 0 Å². The van der Waals surface area contributed by atoms with Gasteiger partial charge in [-0.25, -0.2) is 4.21 Å². The third-order valence-electron chi connectivity index (χ3n) is 10.3. The van der Waals surface area contributed by atoms with Gasteiger partial charge in [0, 0.05) is 49.7 Å². The lowest BCUT2D eigenvalue weighted by atomic mass is 9.70. The first kappa shape index (κ1) is 36.8. The summed E-state index contributed by atoms with van der Waals surface area (Å²) in [6.45, 7) is 8.44. The maximum absolute atomic E-state index is 14.0. The number of fused-ring (bicyclic) bond motifs is 3. The van der Waals surface area contributed by atoms with Crippen LogP contribution in [0.3, 0.4) is 0 Å². The molecule has 12 heteroatoms. The summed E-state index contributed by atoms with van der Waals surface area (Å²) in [6.07, 6.45) is 10.4. The Morgan fingerprint density at radius 3 is 2.74 bits per heavy atom. The van der Waals surface area contributed by atoms with Gasteiger partial charge in [0.2, 0.25) is 5.91 Å². The van der Waals surface area contributed by atoms with Gasteiger partial charge in [-0.3, -0.25) is 19.2 Å². The van der Waals surface area contributed by atoms with Gasteiger partial charge in [-0.15, -0.1) is 4.36 Å². The molecule has 2 aromatic rings. The largest absolute Gasteiger partial charge is 0.491 e. The predicted octanol–water partition coefficient (Wildman–Crippen LogP) is 6.20. The first-order valence-electron chi connectivity index (χ1n) is 18.3. The van der Waals surface area contributed by atoms with Crippen LogP contribution in [0.2, 0.25) is 5.02 Å². The summed E-state index contributed by atoms with van der Waals surface area (Å²) in [5.41, 5.74) is 3.52. The Morgan fingerprint density at radius 2 is 1.94 bits per heavy atom. The average Bonchev–Trinajstić information content (AvgIpc) is 3.12. The second-order valence-electron chi connectivity index (χ2n) is 13.8. The summed E-state index contributed by atoms with van der Waals surface area (Å²) < 4.78 is 39.4. The number of carbonyl (C=O) groups excluding carboxylic acids is 2. The van der Waals surface area contributed by atoms with Crippen molar-refractivity contribution >= 4 is 39.0 Å². The molecule has 0 aromatic heterocycles. The van der Waals surface area contributed by atoms with Gasteiger partial charge in [0.1, 0.15) is 15.7 Å². The normalized spacial score (nSPS) is 27.3. The standard InChI is InChI=1S/C38H51ClN4O6S/c1-2-37(44)40-50(46)23-7-3-4-9-35(49-22-18-42-16-20-47-21-17-42)33-14-11-31(33)27-43-26-30-10-13-32(39)24-28(30)8-5-6-19-48-36-15-12-29(25-34(36)43)38(45)41-50/h4,9-10,12-13,15,24-25,31,33,35H,2-3,5-8,11,14,16-23,26-27H2,1H3,(H,40,41,44,45,46)/b9-4+/t31-,33+,35-,50+/m0/s1. The predicted molar refractivity (Wildman–Crippen MR) is 197 cm³/mol. The molecule has 1 aliphatic carbocycles. The van der Waals surface area contributed by atoms with Gasteiger partial charge in [-0.05, 0) is 98.2 Å². The number of nitrogens with one attached hydrogen (secondary N) is 1. The maximum Gasteiger partial charge on any atom is 0.286 e. The number of halogens is 1. The number of hydrogen-bond donors (Lipinski definition) is 1. The topological polar surface area (TPSA) is 110 Å². The van der Waals surface area contributed by atoms with Gasteiger partial charge in [0.25, 0.3) is 5.91 Å². The second kappa shape index (κ2) is 17.5. The number of amides is 2. The van der Waals surface area contributed by atoms with E-state index in [1.807, 2.05) is 18.2 Å². The summed E-state index contributed by atoms with van der Waals surface area (Å²) in [7, 11) is -3.34. The van der Waals surface area contributed by atoms with Crippen LogP contribution in [0.25, 0.3) is 0 Å². The Hall–Kier alpha value is -2.96. The lowest BCUT2D eigenvalue weighted by Gasteiger charge is -2.44. The Morgan fingerprint density at radius 1 is 1.08 bits per heavy atom. The number of hydrogen-bond acceptors (Lipinski definition) is 8. The minimum atomic E-state index is -3.34. The van der Waals surface area contributed by atoms with E-state index in [9.17, 15) is 13.8 Å². The molecule has 10 nitrogen and oxygen atoms in total. The number of benzene rings is 2. The van der Waals surface area contributed by atoms with Crippen molar-refractivity contribution in [2.75, 3.05) is 63.3 Å². The van der Waals surface area contributed by atoms with Crippen LogP contribution in [0.5, 0.6) is 5.75 Å². The zero-order chi connectivity index (χ0) is 34.9. The summed E-state index contributed by atoms with van der Waals surface area (Å²) >= 11 is 6.48. The highest BCUT2D eigenvalue weighted by atomic mass is 35.5. The highest BCUT2D eigenvalue weighted by Crippen LogP contribution is 2.42. The van der Waals surface area contributed by atoms with Gasteiger partial charge >= 0.3 is 0 Å². The lowest BCUT2D eigenvalue weighted by Crippen LogP contribution is -2.44. The highest BCUT2D eigenvalue weighted by Gasteiger charge is 2.38. The van der Waals surface area contributed by atoms with Crippen molar-refractivity contribution < 1.29 is 28.0 Å². The third kappa shape index (κ3) is 9.67. The monoisotopic (exact) mass is 726 g/mol. The van der Waals surface area contributed by atoms with E-state index >= 15 is 0 Å². The van der Waals surface area contributed by atoms with Crippen LogP contribution in [-0.4, -0.2) is 85.4 Å². The minimum absolute atomic E-state index is 0.0600. The van der Waals surface area contributed by atoms with Crippen LogP contribution in [0.15, 0.2) is 52.9 Å². The molecule has 1 saturated carbocycles. The fraction of sp³-hybridized carbons (Fsp3) is 0.579. The fourth-order valence-corrected chi connectivity index (χ4v) is 9.10. The Kier molecular flexibility index (Phi) is 12.9. The molecule has 50 heavy (non-hydrogen) atoms. The highest BCUT2D eigenvalue weighted by molar-refractivity contribution is 7.92. The van der Waals surface area contributed by atoms with E-state index in [0.29, 0.717) is 55.7 Å². The molecular weight excluding hydrogens is 676 g/mol. The Bertz CT molecular complexity index is 1650. The number of aryl methyl sites for hydroxylation is 1. The first-order valence-corrected chi connectivity index (χ1v) is 20.3. The van der Waals surface area contributed by atoms with Crippen molar-refractivity contribution in [2.45, 2.75) is 70.9 Å². The molecule has 4 aliphatic rings. The van der Waals surface area contributed by atoms with Gasteiger partial charge in [-0.1, -0.05) is 36.7 Å². The molecule has 1 saturated heterocycles. The number of nitrogens with zero attached hydrogens (tertiary/aromatic N) is 3. The zero-order valence-corrected chi connectivity index (χ0v) is 30.7. The van der Waals surface area contributed by atoms with Crippen LogP contribution in [0.1, 0.15) is 73.4 Å². The van der Waals surface area contributed by atoms with Crippen LogP contribution >= 0.6 is 11.6 Å². The SMILES string of the molecule is CCC(=O)N[S@@]1(=O)=NC(=O)c2ccc3c(c2)N(Cc2ccc(Cl)cc2CCCCO3)C[C@@H]2CC[C@H]2[C@@H](OCCN2CCOCC2)/C=C/CCC1. The van der Waals surface area contributed by atoms with E-state index in [2.05, 4.69) is 43.2 Å². The van der Waals surface area contributed by atoms with Gasteiger partial charge < -0.3 is 19.1 Å². The number of carbonyl (C=O) groups is 2. The molecule has 272 valence electrons. The summed E-state index contributed by atoms with van der Waals surface area (Å²) in [5.74, 6) is 0.442. The molecule has 0 spiro atoms. The number of anilines is 1. The van der Waals surface area contributed by atoms with E-state index in [4.69, 9.17) is 25.8 Å². The van der Waals surface area contributed by atoms with E-state index in [0.717, 1.165) is 82.2 Å². The average molecular weight is 727 g/mol. The van der Waals surface area contributed by atoms with Gasteiger partial charge in [0.05, 0.1) is 44.0 Å². The first-order chi connectivity index (χ1) is 24.3. The quantitative estimate of drug-likeness (QED) is 0.351. The van der Waals surface area contributed by atoms with Crippen molar-refractivity contribution in [3.05, 3.63) is 70.3 Å². The Labute approximate surface area is 302 Å². The maximum atomic E-state index is 14.0. The molecule has 2 amide bonds. The zero-order valence-electron chi connectivity index (χ0n) is 29.2. The molecular formula is C38H51ClN4O6S. The van der Waals surface area contributed by atoms with Gasteiger partial charge in [0.15, 0.2) is 0 Å². The lowest BCUT2D eigenvalue weighted by molar-refractivity contribution is -0.118. The Balaban J connectivity index is 1.38. The molecule has 1 N–H and O–H groups in total. The van der Waals surface area contributed by atoms with E-state index in [1.54, 1.807) is 13.0 Å². The van der Waals surface area contributed by atoms with E-state index in [-0.39, 0.29) is 18.3 Å². The fourth-order valence-electron chi connectivity index (χ4n) is 7.24. The molecule has 3 aliphatic heterocycles. The van der Waals surface area contributed by atoms with Crippen molar-refractivity contribution in [1.82, 2.24) is 9.62 Å². The second-order valence-corrected chi connectivity index (χ2v) is 16.3. The molecule has 2 fully saturated rings. The number of ether oxygens (including phenoxy) is 3. The van der Waals surface area contributed by atoms with E-state index in [1.165, 1.54) is 11.1 Å². The van der Waals surface area contributed by atoms with E-state index < -0.39 is 21.7 Å². The third-order valence-corrected chi connectivity index (χ3v) is 12.4. The molecule has 3 heterocycles. The van der Waals surface area contributed by atoms with Crippen LogP contribution in [0.4, 0.5) is 5.69 Å².